The zero-order valence-electron chi connectivity index (χ0n) is 14.1. The van der Waals surface area contributed by atoms with Gasteiger partial charge in [0.1, 0.15) is 11.5 Å². The van der Waals surface area contributed by atoms with Gasteiger partial charge in [0.2, 0.25) is 0 Å². The average Bonchev–Trinajstić information content (AvgIpc) is 2.46. The quantitative estimate of drug-likeness (QED) is 0.371. The van der Waals surface area contributed by atoms with Crippen molar-refractivity contribution in [2.45, 2.75) is 51.9 Å². The maximum atomic E-state index is 10.5. The molecule has 126 valence electrons. The van der Waals surface area contributed by atoms with Crippen molar-refractivity contribution in [3.05, 3.63) is 47.1 Å². The first kappa shape index (κ1) is 18.1. The van der Waals surface area contributed by atoms with Crippen LogP contribution in [0.2, 0.25) is 0 Å². The first-order chi connectivity index (χ1) is 10.9. The van der Waals surface area contributed by atoms with Crippen molar-refractivity contribution in [1.29, 1.82) is 0 Å². The molecule has 2 N–H and O–H groups in total. The molecule has 1 aliphatic rings. The van der Waals surface area contributed by atoms with Crippen LogP contribution < -0.4 is 0 Å². The Morgan fingerprint density at radius 1 is 1.30 bits per heavy atom. The Morgan fingerprint density at radius 2 is 2.04 bits per heavy atom. The number of aromatic hydroxyl groups is 2. The molecule has 0 saturated heterocycles. The highest BCUT2D eigenvalue weighted by Crippen LogP contribution is 2.45. The van der Waals surface area contributed by atoms with Gasteiger partial charge in [0.15, 0.2) is 0 Å². The van der Waals surface area contributed by atoms with Crippen molar-refractivity contribution in [3.8, 4) is 11.5 Å². The summed E-state index contributed by atoms with van der Waals surface area (Å²) in [6, 6.07) is 3.28. The van der Waals surface area contributed by atoms with Crippen molar-refractivity contribution in [3.63, 3.8) is 0 Å². The standard InChI is InChI=1S/C20H27BrO2/c1-13(2)17-8-7-14(3)10-18(17)20-15(6-4-5-9-21)11-16(22)12-19(20)23/h10-12,17-18,22-23H,1,4-9H2,2-3H3/t17-,18-/m0/s1. The van der Waals surface area contributed by atoms with Crippen molar-refractivity contribution in [1.82, 2.24) is 0 Å². The highest BCUT2D eigenvalue weighted by atomic mass is 79.9. The summed E-state index contributed by atoms with van der Waals surface area (Å²) in [5, 5.41) is 21.4. The monoisotopic (exact) mass is 378 g/mol. The van der Waals surface area contributed by atoms with Gasteiger partial charge < -0.3 is 10.2 Å². The third-order valence-electron chi connectivity index (χ3n) is 4.77. The van der Waals surface area contributed by atoms with Gasteiger partial charge in [-0.2, -0.15) is 0 Å². The van der Waals surface area contributed by atoms with Crippen molar-refractivity contribution >= 4 is 15.9 Å². The van der Waals surface area contributed by atoms with E-state index in [1.807, 2.05) is 6.07 Å². The molecule has 2 atom stereocenters. The number of halogens is 1. The van der Waals surface area contributed by atoms with E-state index in [9.17, 15) is 10.2 Å². The number of alkyl halides is 1. The second-order valence-electron chi connectivity index (χ2n) is 6.71. The van der Waals surface area contributed by atoms with Gasteiger partial charge in [-0.05, 0) is 63.5 Å². The summed E-state index contributed by atoms with van der Waals surface area (Å²) < 4.78 is 0. The SMILES string of the molecule is C=C(C)[C@@H]1CCC(C)=C[C@@H]1c1c(O)cc(O)cc1CCCCBr. The second kappa shape index (κ2) is 8.05. The smallest absolute Gasteiger partial charge is 0.123 e. The third-order valence-corrected chi connectivity index (χ3v) is 5.33. The predicted octanol–water partition coefficient (Wildman–Crippen LogP) is 5.83. The van der Waals surface area contributed by atoms with E-state index in [-0.39, 0.29) is 17.4 Å². The second-order valence-corrected chi connectivity index (χ2v) is 7.51. The summed E-state index contributed by atoms with van der Waals surface area (Å²) >= 11 is 3.46. The molecule has 3 heteroatoms. The van der Waals surface area contributed by atoms with E-state index >= 15 is 0 Å². The Morgan fingerprint density at radius 3 is 2.70 bits per heavy atom. The molecule has 0 amide bonds. The van der Waals surface area contributed by atoms with Gasteiger partial charge in [0, 0.05) is 22.9 Å². The largest absolute Gasteiger partial charge is 0.508 e. The topological polar surface area (TPSA) is 40.5 Å². The maximum absolute atomic E-state index is 10.5. The van der Waals surface area contributed by atoms with Crippen LogP contribution in [0.15, 0.2) is 35.9 Å². The Bertz CT molecular complexity index is 604. The zero-order chi connectivity index (χ0) is 17.0. The number of aryl methyl sites for hydroxylation is 1. The van der Waals surface area contributed by atoms with Crippen LogP contribution in [-0.2, 0) is 6.42 Å². The van der Waals surface area contributed by atoms with Crippen LogP contribution in [-0.4, -0.2) is 15.5 Å². The molecule has 0 saturated carbocycles. The average molecular weight is 379 g/mol. The molecule has 0 radical (unpaired) electrons. The van der Waals surface area contributed by atoms with Gasteiger partial charge >= 0.3 is 0 Å². The van der Waals surface area contributed by atoms with Crippen LogP contribution in [0.25, 0.3) is 0 Å². The minimum atomic E-state index is 0.142. The number of phenols is 2. The lowest BCUT2D eigenvalue weighted by molar-refractivity contribution is 0.423. The zero-order valence-corrected chi connectivity index (χ0v) is 15.7. The third kappa shape index (κ3) is 4.41. The molecule has 0 fully saturated rings. The highest BCUT2D eigenvalue weighted by molar-refractivity contribution is 9.09. The van der Waals surface area contributed by atoms with E-state index in [2.05, 4.69) is 42.4 Å². The van der Waals surface area contributed by atoms with Gasteiger partial charge in [-0.1, -0.05) is 39.7 Å². The predicted molar refractivity (Wildman–Crippen MR) is 101 cm³/mol. The molecule has 0 aromatic heterocycles. The normalized spacial score (nSPS) is 21.1. The molecule has 1 aromatic carbocycles. The fourth-order valence-corrected chi connectivity index (χ4v) is 3.98. The van der Waals surface area contributed by atoms with Crippen molar-refractivity contribution in [2.24, 2.45) is 5.92 Å². The van der Waals surface area contributed by atoms with E-state index < -0.39 is 0 Å². The number of benzene rings is 1. The Labute approximate surface area is 148 Å². The van der Waals surface area contributed by atoms with Crippen LogP contribution in [0.3, 0.4) is 0 Å². The van der Waals surface area contributed by atoms with Crippen molar-refractivity contribution in [2.75, 3.05) is 5.33 Å². The molecule has 0 aliphatic heterocycles. The molecule has 1 aromatic rings. The van der Waals surface area contributed by atoms with Gasteiger partial charge in [0.05, 0.1) is 0 Å². The number of rotatable bonds is 6. The van der Waals surface area contributed by atoms with E-state index in [4.69, 9.17) is 0 Å². The molecule has 0 bridgehead atoms. The Kier molecular flexibility index (Phi) is 6.34. The van der Waals surface area contributed by atoms with Gasteiger partial charge in [-0.3, -0.25) is 0 Å². The maximum Gasteiger partial charge on any atom is 0.123 e. The van der Waals surface area contributed by atoms with E-state index in [1.54, 1.807) is 0 Å². The number of hydrogen-bond acceptors (Lipinski definition) is 2. The summed E-state index contributed by atoms with van der Waals surface area (Å²) in [5.41, 5.74) is 4.57. The summed E-state index contributed by atoms with van der Waals surface area (Å²) in [6.45, 7) is 8.40. The van der Waals surface area contributed by atoms with Crippen LogP contribution >= 0.6 is 15.9 Å². The Balaban J connectivity index is 2.46. The number of hydrogen-bond donors (Lipinski definition) is 2. The number of unbranched alkanes of at least 4 members (excludes halogenated alkanes) is 1. The molecule has 2 rings (SSSR count). The molecule has 1 aliphatic carbocycles. The highest BCUT2D eigenvalue weighted by Gasteiger charge is 2.29. The van der Waals surface area contributed by atoms with E-state index in [0.717, 1.165) is 54.1 Å². The van der Waals surface area contributed by atoms with Gasteiger partial charge in [0.25, 0.3) is 0 Å². The summed E-state index contributed by atoms with van der Waals surface area (Å²) in [7, 11) is 0. The van der Waals surface area contributed by atoms with Crippen LogP contribution in [0.5, 0.6) is 11.5 Å². The summed E-state index contributed by atoms with van der Waals surface area (Å²) in [4.78, 5) is 0. The Hall–Kier alpha value is -1.22. The lowest BCUT2D eigenvalue weighted by atomic mass is 9.72. The lowest BCUT2D eigenvalue weighted by Gasteiger charge is -2.32. The first-order valence-electron chi connectivity index (χ1n) is 8.37. The molecular weight excluding hydrogens is 352 g/mol. The number of allylic oxidation sites excluding steroid dienone is 3. The first-order valence-corrected chi connectivity index (χ1v) is 9.49. The van der Waals surface area contributed by atoms with Crippen LogP contribution in [0.4, 0.5) is 0 Å². The fraction of sp³-hybridized carbons (Fsp3) is 0.500. The fourth-order valence-electron chi connectivity index (χ4n) is 3.59. The van der Waals surface area contributed by atoms with E-state index in [1.165, 1.54) is 11.6 Å². The number of phenolic OH excluding ortho intramolecular Hbond substituents is 2. The summed E-state index contributed by atoms with van der Waals surface area (Å²) in [5.74, 6) is 0.856. The summed E-state index contributed by atoms with van der Waals surface area (Å²) in [6.07, 6.45) is 7.43. The lowest BCUT2D eigenvalue weighted by Crippen LogP contribution is -2.18. The molecule has 0 spiro atoms. The van der Waals surface area contributed by atoms with Gasteiger partial charge in [-0.15, -0.1) is 0 Å². The van der Waals surface area contributed by atoms with E-state index in [0.29, 0.717) is 5.92 Å². The van der Waals surface area contributed by atoms with Crippen LogP contribution in [0.1, 0.15) is 56.6 Å². The minimum absolute atomic E-state index is 0.142. The van der Waals surface area contributed by atoms with Gasteiger partial charge in [-0.25, -0.2) is 0 Å². The molecular formula is C20H27BrO2. The molecule has 0 unspecified atom stereocenters. The van der Waals surface area contributed by atoms with Crippen LogP contribution in [0, 0.1) is 5.92 Å². The molecule has 23 heavy (non-hydrogen) atoms. The minimum Gasteiger partial charge on any atom is -0.508 e. The molecule has 2 nitrogen and oxygen atoms in total. The van der Waals surface area contributed by atoms with Crippen molar-refractivity contribution < 1.29 is 10.2 Å². The molecule has 0 heterocycles.